The molecule has 3 saturated carbocycles. The number of allylic oxidation sites excluding steroid dienone is 4. The molecule has 8 atom stereocenters. The Morgan fingerprint density at radius 2 is 1.94 bits per heavy atom. The minimum Gasteiger partial charge on any atom is -0.450 e. The largest absolute Gasteiger partial charge is 0.450 e. The first-order valence-corrected chi connectivity index (χ1v) is 11.1. The van der Waals surface area contributed by atoms with Crippen LogP contribution in [0.15, 0.2) is 23.6 Å². The van der Waals surface area contributed by atoms with Gasteiger partial charge < -0.3 is 14.9 Å². The fourth-order valence-corrected chi connectivity index (χ4v) is 7.82. The van der Waals surface area contributed by atoms with Gasteiger partial charge in [-0.3, -0.25) is 14.4 Å². The van der Waals surface area contributed by atoms with E-state index in [0.29, 0.717) is 6.42 Å². The summed E-state index contributed by atoms with van der Waals surface area (Å²) in [4.78, 5) is 37.0. The van der Waals surface area contributed by atoms with Crippen molar-refractivity contribution < 1.29 is 38.1 Å². The van der Waals surface area contributed by atoms with Crippen LogP contribution in [0.3, 0.4) is 0 Å². The highest BCUT2D eigenvalue weighted by Crippen LogP contribution is 2.71. The number of hydrogen-bond acceptors (Lipinski definition) is 6. The Morgan fingerprint density at radius 3 is 2.53 bits per heavy atom. The van der Waals surface area contributed by atoms with Gasteiger partial charge in [0.05, 0.1) is 6.10 Å². The highest BCUT2D eigenvalue weighted by atomic mass is 19.1. The van der Waals surface area contributed by atoms with E-state index in [1.807, 2.05) is 0 Å². The van der Waals surface area contributed by atoms with Crippen LogP contribution in [-0.4, -0.2) is 51.7 Å². The summed E-state index contributed by atoms with van der Waals surface area (Å²) >= 11 is 0. The van der Waals surface area contributed by atoms with Crippen molar-refractivity contribution in [3.63, 3.8) is 0 Å². The number of aliphatic hydroxyl groups is 2. The Bertz CT molecular complexity index is 958. The number of carbonyl (C=O) groups is 3. The lowest BCUT2D eigenvalue weighted by molar-refractivity contribution is -0.228. The molecule has 0 aliphatic heterocycles. The molecule has 0 bridgehead atoms. The Morgan fingerprint density at radius 1 is 1.28 bits per heavy atom. The van der Waals surface area contributed by atoms with Crippen molar-refractivity contribution in [2.24, 2.45) is 28.6 Å². The second kappa shape index (κ2) is 7.03. The summed E-state index contributed by atoms with van der Waals surface area (Å²) in [5.74, 6) is -4.86. The number of rotatable bonds is 3. The van der Waals surface area contributed by atoms with Gasteiger partial charge >= 0.3 is 5.97 Å². The third-order valence-corrected chi connectivity index (χ3v) is 9.14. The molecule has 2 N–H and O–H groups in total. The number of halogens is 2. The van der Waals surface area contributed by atoms with Gasteiger partial charge in [-0.05, 0) is 50.2 Å². The van der Waals surface area contributed by atoms with Crippen molar-refractivity contribution in [1.29, 1.82) is 0 Å². The SMILES string of the molecule is CC(=O)O[C@]1(C(=O)CO)C(C)C[C@H]2[C@@H]3CCC4=C(F)C(=O)C=C[C@]4(C)[C@@]3(F)C(O)C[C@@]21C. The van der Waals surface area contributed by atoms with Crippen LogP contribution in [0.2, 0.25) is 0 Å². The third kappa shape index (κ3) is 2.48. The van der Waals surface area contributed by atoms with Gasteiger partial charge in [-0.1, -0.05) is 19.9 Å². The van der Waals surface area contributed by atoms with E-state index in [4.69, 9.17) is 4.74 Å². The lowest BCUT2D eigenvalue weighted by Gasteiger charge is -2.62. The standard InChI is InChI=1S/C24H30F2O6/c1-12-9-16-14-5-6-15-20(25)17(29)7-8-21(15,3)23(14,26)18(30)10-22(16,4)24(12,19(31)11-27)32-13(2)28/h7-8,12,14,16,18,27,30H,5-6,9-11H2,1-4H3/t12?,14-,16-,18?,21-,22-,23-,24-/m0/s1. The molecule has 0 spiro atoms. The molecule has 4 aliphatic carbocycles. The van der Waals surface area contributed by atoms with Crippen molar-refractivity contribution in [2.75, 3.05) is 6.61 Å². The third-order valence-electron chi connectivity index (χ3n) is 9.14. The van der Waals surface area contributed by atoms with Crippen LogP contribution >= 0.6 is 0 Å². The van der Waals surface area contributed by atoms with Crippen LogP contribution in [0.1, 0.15) is 53.4 Å². The number of fused-ring (bicyclic) bond motifs is 5. The maximum atomic E-state index is 17.1. The van der Waals surface area contributed by atoms with Crippen LogP contribution in [0.25, 0.3) is 0 Å². The average molecular weight is 452 g/mol. The van der Waals surface area contributed by atoms with Gasteiger partial charge in [0, 0.05) is 29.6 Å². The zero-order valence-corrected chi connectivity index (χ0v) is 18.8. The summed E-state index contributed by atoms with van der Waals surface area (Å²) < 4.78 is 37.5. The molecule has 0 aromatic carbocycles. The summed E-state index contributed by atoms with van der Waals surface area (Å²) in [6.07, 6.45) is 1.26. The molecule has 0 radical (unpaired) electrons. The van der Waals surface area contributed by atoms with Crippen LogP contribution in [0.4, 0.5) is 8.78 Å². The second-order valence-corrected chi connectivity index (χ2v) is 10.4. The highest BCUT2D eigenvalue weighted by Gasteiger charge is 2.77. The molecule has 0 aromatic rings. The Balaban J connectivity index is 1.88. The van der Waals surface area contributed by atoms with E-state index in [9.17, 15) is 29.0 Å². The minimum absolute atomic E-state index is 0.0649. The molecule has 6 nitrogen and oxygen atoms in total. The zero-order chi connectivity index (χ0) is 23.9. The summed E-state index contributed by atoms with van der Waals surface area (Å²) in [6.45, 7) is 5.30. The van der Waals surface area contributed by atoms with E-state index in [0.717, 1.165) is 6.08 Å². The quantitative estimate of drug-likeness (QED) is 0.639. The molecule has 8 heteroatoms. The normalized spacial score (nSPS) is 47.6. The Labute approximate surface area is 185 Å². The second-order valence-electron chi connectivity index (χ2n) is 10.4. The Hall–Kier alpha value is -1.93. The average Bonchev–Trinajstić information content (AvgIpc) is 2.93. The van der Waals surface area contributed by atoms with E-state index >= 15 is 4.39 Å². The summed E-state index contributed by atoms with van der Waals surface area (Å²) in [7, 11) is 0. The number of esters is 1. The van der Waals surface area contributed by atoms with Crippen molar-refractivity contribution >= 4 is 17.5 Å². The molecule has 0 aromatic heterocycles. The molecular weight excluding hydrogens is 422 g/mol. The van der Waals surface area contributed by atoms with E-state index in [2.05, 4.69) is 0 Å². The van der Waals surface area contributed by atoms with Crippen molar-refractivity contribution in [2.45, 2.75) is 70.8 Å². The maximum absolute atomic E-state index is 17.1. The van der Waals surface area contributed by atoms with E-state index in [1.165, 1.54) is 19.9 Å². The number of aliphatic hydroxyl groups excluding tert-OH is 2. The number of carbonyl (C=O) groups excluding carboxylic acids is 3. The van der Waals surface area contributed by atoms with Gasteiger partial charge in [0.1, 0.15) is 6.61 Å². The summed E-state index contributed by atoms with van der Waals surface area (Å²) in [5.41, 5.74) is -6.53. The summed E-state index contributed by atoms with van der Waals surface area (Å²) in [5, 5.41) is 21.0. The zero-order valence-electron chi connectivity index (χ0n) is 18.8. The molecular formula is C24H30F2O6. The van der Waals surface area contributed by atoms with Gasteiger partial charge in [-0.2, -0.15) is 0 Å². The fourth-order valence-electron chi connectivity index (χ4n) is 7.82. The lowest BCUT2D eigenvalue weighted by atomic mass is 9.44. The first-order chi connectivity index (χ1) is 14.8. The lowest BCUT2D eigenvalue weighted by Crippen LogP contribution is -2.70. The number of alkyl halides is 1. The first-order valence-electron chi connectivity index (χ1n) is 11.1. The van der Waals surface area contributed by atoms with Gasteiger partial charge in [0.2, 0.25) is 11.6 Å². The number of Topliss-reactive ketones (excluding diaryl/α,β-unsaturated/α-hetero) is 1. The molecule has 0 heterocycles. The van der Waals surface area contributed by atoms with Crippen LogP contribution in [-0.2, 0) is 19.1 Å². The van der Waals surface area contributed by atoms with Gasteiger partial charge in [-0.25, -0.2) is 8.78 Å². The molecule has 32 heavy (non-hydrogen) atoms. The van der Waals surface area contributed by atoms with Gasteiger partial charge in [0.25, 0.3) is 0 Å². The molecule has 0 amide bonds. The van der Waals surface area contributed by atoms with Crippen LogP contribution < -0.4 is 0 Å². The maximum Gasteiger partial charge on any atom is 0.303 e. The van der Waals surface area contributed by atoms with Gasteiger partial charge in [0.15, 0.2) is 17.1 Å². The van der Waals surface area contributed by atoms with Crippen LogP contribution in [0.5, 0.6) is 0 Å². The highest BCUT2D eigenvalue weighted by molar-refractivity contribution is 6.04. The number of ether oxygens (including phenoxy) is 1. The molecule has 0 saturated heterocycles. The number of hydrogen-bond donors (Lipinski definition) is 2. The summed E-state index contributed by atoms with van der Waals surface area (Å²) in [6, 6.07) is 0. The van der Waals surface area contributed by atoms with Crippen LogP contribution in [0, 0.1) is 28.6 Å². The topological polar surface area (TPSA) is 101 Å². The van der Waals surface area contributed by atoms with Crippen molar-refractivity contribution in [3.05, 3.63) is 23.6 Å². The Kier molecular flexibility index (Phi) is 5.11. The van der Waals surface area contributed by atoms with Gasteiger partial charge in [-0.15, -0.1) is 0 Å². The number of ketones is 2. The van der Waals surface area contributed by atoms with Crippen molar-refractivity contribution in [3.8, 4) is 0 Å². The van der Waals surface area contributed by atoms with E-state index in [1.54, 1.807) is 13.8 Å². The minimum atomic E-state index is -2.27. The predicted octanol–water partition coefficient (Wildman–Crippen LogP) is 2.76. The monoisotopic (exact) mass is 452 g/mol. The molecule has 4 aliphatic rings. The van der Waals surface area contributed by atoms with E-state index in [-0.39, 0.29) is 24.8 Å². The van der Waals surface area contributed by atoms with E-state index < -0.39 is 75.9 Å². The molecule has 3 fully saturated rings. The molecule has 2 unspecified atom stereocenters. The predicted molar refractivity (Wildman–Crippen MR) is 110 cm³/mol. The smallest absolute Gasteiger partial charge is 0.303 e. The molecule has 4 rings (SSSR count). The first kappa shape index (κ1) is 23.2. The fraction of sp³-hybridized carbons (Fsp3) is 0.708. The van der Waals surface area contributed by atoms with Crippen molar-refractivity contribution in [1.82, 2.24) is 0 Å². The molecule has 176 valence electrons.